The summed E-state index contributed by atoms with van der Waals surface area (Å²) in [4.78, 5) is 2.55. The van der Waals surface area contributed by atoms with Gasteiger partial charge in [-0.3, -0.25) is 4.90 Å². The molecule has 20 heavy (non-hydrogen) atoms. The number of likely N-dealkylation sites (tertiary alicyclic amines) is 1. The Hall–Kier alpha value is -1.06. The van der Waals surface area contributed by atoms with Gasteiger partial charge < -0.3 is 9.84 Å². The van der Waals surface area contributed by atoms with Gasteiger partial charge in [-0.2, -0.15) is 0 Å². The highest BCUT2D eigenvalue weighted by atomic mass is 16.5. The molecule has 1 aromatic rings. The Labute approximate surface area is 122 Å². The third kappa shape index (κ3) is 3.33. The van der Waals surface area contributed by atoms with E-state index in [-0.39, 0.29) is 0 Å². The molecular formula is C17H27NO2. The van der Waals surface area contributed by atoms with Gasteiger partial charge in [0, 0.05) is 18.2 Å². The molecular weight excluding hydrogens is 250 g/mol. The van der Waals surface area contributed by atoms with Gasteiger partial charge >= 0.3 is 0 Å². The number of nitrogens with zero attached hydrogens (tertiary/aromatic N) is 1. The number of aliphatic hydroxyl groups excluding tert-OH is 1. The van der Waals surface area contributed by atoms with E-state index in [0.29, 0.717) is 12.0 Å². The number of methoxy groups -OCH3 is 1. The first-order valence-electron chi connectivity index (χ1n) is 7.62. The summed E-state index contributed by atoms with van der Waals surface area (Å²) < 4.78 is 5.48. The molecule has 2 unspecified atom stereocenters. The van der Waals surface area contributed by atoms with Crippen molar-refractivity contribution in [3.8, 4) is 5.75 Å². The number of rotatable bonds is 5. The van der Waals surface area contributed by atoms with E-state index in [0.717, 1.165) is 24.4 Å². The highest BCUT2D eigenvalue weighted by Crippen LogP contribution is 2.30. The number of hydrogen-bond donors (Lipinski definition) is 1. The van der Waals surface area contributed by atoms with E-state index in [4.69, 9.17) is 4.74 Å². The van der Waals surface area contributed by atoms with Gasteiger partial charge in [0.2, 0.25) is 0 Å². The molecule has 2 rings (SSSR count). The summed E-state index contributed by atoms with van der Waals surface area (Å²) in [6.45, 7) is 8.47. The third-order valence-corrected chi connectivity index (χ3v) is 4.34. The summed E-state index contributed by atoms with van der Waals surface area (Å²) in [6.07, 6.45) is 2.14. The number of aliphatic hydroxyl groups is 1. The van der Waals surface area contributed by atoms with Gasteiger partial charge in [0.1, 0.15) is 5.75 Å². The summed E-state index contributed by atoms with van der Waals surface area (Å²) in [5.41, 5.74) is 2.14. The van der Waals surface area contributed by atoms with Crippen LogP contribution in [0.5, 0.6) is 5.75 Å². The minimum atomic E-state index is -0.431. The van der Waals surface area contributed by atoms with Crippen molar-refractivity contribution in [2.45, 2.75) is 52.3 Å². The molecule has 0 saturated carbocycles. The predicted octanol–water partition coefficient (Wildman–Crippen LogP) is 3.37. The molecule has 0 aliphatic carbocycles. The molecule has 3 nitrogen and oxygen atoms in total. The van der Waals surface area contributed by atoms with E-state index in [2.05, 4.69) is 24.8 Å². The van der Waals surface area contributed by atoms with Crippen molar-refractivity contribution >= 4 is 0 Å². The zero-order valence-corrected chi connectivity index (χ0v) is 13.1. The van der Waals surface area contributed by atoms with Gasteiger partial charge in [0.05, 0.1) is 13.2 Å². The molecule has 112 valence electrons. The van der Waals surface area contributed by atoms with Crippen LogP contribution in [0.1, 0.15) is 50.8 Å². The molecule has 1 N–H and O–H groups in total. The molecule has 1 aromatic carbocycles. The molecule has 3 heteroatoms. The van der Waals surface area contributed by atoms with Crippen molar-refractivity contribution in [1.29, 1.82) is 0 Å². The van der Waals surface area contributed by atoms with Crippen molar-refractivity contribution < 1.29 is 9.84 Å². The maximum Gasteiger partial charge on any atom is 0.123 e. The van der Waals surface area contributed by atoms with Crippen molar-refractivity contribution in [3.63, 3.8) is 0 Å². The zero-order valence-electron chi connectivity index (χ0n) is 13.1. The van der Waals surface area contributed by atoms with E-state index < -0.39 is 6.10 Å². The van der Waals surface area contributed by atoms with Gasteiger partial charge in [0.15, 0.2) is 0 Å². The Kier molecular flexibility index (Phi) is 5.06. The molecule has 1 heterocycles. The second kappa shape index (κ2) is 6.59. The lowest BCUT2D eigenvalue weighted by Crippen LogP contribution is -2.33. The lowest BCUT2D eigenvalue weighted by molar-refractivity contribution is 0.192. The van der Waals surface area contributed by atoms with E-state index in [1.165, 1.54) is 18.4 Å². The lowest BCUT2D eigenvalue weighted by Gasteiger charge is -2.28. The van der Waals surface area contributed by atoms with Crippen LogP contribution in [-0.4, -0.2) is 29.7 Å². The largest absolute Gasteiger partial charge is 0.496 e. The Balaban J connectivity index is 2.20. The SMILES string of the molecule is COc1ccc(C(C)O)cc1CN1CCCC1C(C)C. The summed E-state index contributed by atoms with van der Waals surface area (Å²) in [7, 11) is 1.71. The topological polar surface area (TPSA) is 32.7 Å². The smallest absolute Gasteiger partial charge is 0.123 e. The lowest BCUT2D eigenvalue weighted by atomic mass is 10.0. The van der Waals surface area contributed by atoms with E-state index in [1.54, 1.807) is 14.0 Å². The monoisotopic (exact) mass is 277 g/mol. The summed E-state index contributed by atoms with van der Waals surface area (Å²) in [5, 5.41) is 9.76. The molecule has 1 fully saturated rings. The molecule has 1 aliphatic rings. The van der Waals surface area contributed by atoms with Crippen LogP contribution in [0, 0.1) is 5.92 Å². The van der Waals surface area contributed by atoms with E-state index >= 15 is 0 Å². The van der Waals surface area contributed by atoms with Crippen molar-refractivity contribution in [3.05, 3.63) is 29.3 Å². The van der Waals surface area contributed by atoms with Crippen LogP contribution in [0.15, 0.2) is 18.2 Å². The fourth-order valence-corrected chi connectivity index (χ4v) is 3.20. The number of benzene rings is 1. The second-order valence-electron chi connectivity index (χ2n) is 6.17. The molecule has 0 bridgehead atoms. The standard InChI is InChI=1S/C17H27NO2/c1-12(2)16-6-5-9-18(16)11-15-10-14(13(3)19)7-8-17(15)20-4/h7-8,10,12-13,16,19H,5-6,9,11H2,1-4H3. The van der Waals surface area contributed by atoms with Crippen LogP contribution >= 0.6 is 0 Å². The minimum Gasteiger partial charge on any atom is -0.496 e. The van der Waals surface area contributed by atoms with Crippen LogP contribution < -0.4 is 4.74 Å². The molecule has 0 radical (unpaired) electrons. The highest BCUT2D eigenvalue weighted by molar-refractivity contribution is 5.38. The molecule has 1 saturated heterocycles. The van der Waals surface area contributed by atoms with Crippen LogP contribution in [0.25, 0.3) is 0 Å². The van der Waals surface area contributed by atoms with E-state index in [1.807, 2.05) is 12.1 Å². The summed E-state index contributed by atoms with van der Waals surface area (Å²) in [6, 6.07) is 6.66. The Morgan fingerprint density at radius 2 is 2.10 bits per heavy atom. The normalized spacial score (nSPS) is 21.4. The quantitative estimate of drug-likeness (QED) is 0.895. The van der Waals surface area contributed by atoms with Gasteiger partial charge in [-0.15, -0.1) is 0 Å². The first-order valence-corrected chi connectivity index (χ1v) is 7.62. The van der Waals surface area contributed by atoms with Gasteiger partial charge in [-0.25, -0.2) is 0 Å². The number of hydrogen-bond acceptors (Lipinski definition) is 3. The van der Waals surface area contributed by atoms with Gasteiger partial charge in [-0.05, 0) is 49.9 Å². The molecule has 0 aromatic heterocycles. The second-order valence-corrected chi connectivity index (χ2v) is 6.17. The average molecular weight is 277 g/mol. The fourth-order valence-electron chi connectivity index (χ4n) is 3.20. The Morgan fingerprint density at radius 3 is 2.70 bits per heavy atom. The average Bonchev–Trinajstić information content (AvgIpc) is 2.87. The minimum absolute atomic E-state index is 0.431. The van der Waals surface area contributed by atoms with Crippen molar-refractivity contribution in [2.24, 2.45) is 5.92 Å². The Bertz CT molecular complexity index is 443. The summed E-state index contributed by atoms with van der Waals surface area (Å²) in [5.74, 6) is 1.60. The Morgan fingerprint density at radius 1 is 1.35 bits per heavy atom. The van der Waals surface area contributed by atoms with Crippen molar-refractivity contribution in [2.75, 3.05) is 13.7 Å². The third-order valence-electron chi connectivity index (χ3n) is 4.34. The van der Waals surface area contributed by atoms with Crippen LogP contribution in [0.3, 0.4) is 0 Å². The molecule has 0 amide bonds. The zero-order chi connectivity index (χ0) is 14.7. The van der Waals surface area contributed by atoms with Crippen molar-refractivity contribution in [1.82, 2.24) is 4.90 Å². The first kappa shape index (κ1) is 15.3. The van der Waals surface area contributed by atoms with Crippen LogP contribution in [-0.2, 0) is 6.54 Å². The van der Waals surface area contributed by atoms with E-state index in [9.17, 15) is 5.11 Å². The first-order chi connectivity index (χ1) is 9.52. The molecule has 0 spiro atoms. The fraction of sp³-hybridized carbons (Fsp3) is 0.647. The summed E-state index contributed by atoms with van der Waals surface area (Å²) >= 11 is 0. The van der Waals surface area contributed by atoms with Crippen LogP contribution in [0.4, 0.5) is 0 Å². The molecule has 1 aliphatic heterocycles. The van der Waals surface area contributed by atoms with Gasteiger partial charge in [0.25, 0.3) is 0 Å². The van der Waals surface area contributed by atoms with Gasteiger partial charge in [-0.1, -0.05) is 19.9 Å². The maximum atomic E-state index is 9.76. The van der Waals surface area contributed by atoms with Crippen LogP contribution in [0.2, 0.25) is 0 Å². The maximum absolute atomic E-state index is 9.76. The number of ether oxygens (including phenoxy) is 1. The predicted molar refractivity (Wildman–Crippen MR) is 81.9 cm³/mol. The molecule has 2 atom stereocenters. The highest BCUT2D eigenvalue weighted by Gasteiger charge is 2.27.